The van der Waals surface area contributed by atoms with Gasteiger partial charge in [0.05, 0.1) is 14.2 Å². The Kier molecular flexibility index (Phi) is 6.33. The first kappa shape index (κ1) is 16.1. The third-order valence-electron chi connectivity index (χ3n) is 4.30. The molecule has 0 radical (unpaired) electrons. The fraction of sp³-hybridized carbons (Fsp3) is 0.647. The molecule has 0 bridgehead atoms. The van der Waals surface area contributed by atoms with Crippen molar-refractivity contribution in [3.05, 3.63) is 23.8 Å². The molecule has 1 saturated heterocycles. The molecule has 1 aliphatic rings. The van der Waals surface area contributed by atoms with Gasteiger partial charge in [0, 0.05) is 17.7 Å². The van der Waals surface area contributed by atoms with Crippen LogP contribution < -0.4 is 15.2 Å². The molecule has 1 atom stereocenters. The van der Waals surface area contributed by atoms with Crippen LogP contribution in [-0.2, 0) is 0 Å². The number of hydrogen-bond acceptors (Lipinski definition) is 4. The fourth-order valence-corrected chi connectivity index (χ4v) is 2.96. The van der Waals surface area contributed by atoms with E-state index in [1.165, 1.54) is 38.8 Å². The minimum atomic E-state index is 0.00843. The van der Waals surface area contributed by atoms with E-state index in [1.54, 1.807) is 14.2 Å². The molecule has 4 heteroatoms. The van der Waals surface area contributed by atoms with Gasteiger partial charge < -0.3 is 20.1 Å². The fourth-order valence-electron chi connectivity index (χ4n) is 2.96. The van der Waals surface area contributed by atoms with Crippen LogP contribution in [0.1, 0.15) is 43.7 Å². The Morgan fingerprint density at radius 1 is 1.10 bits per heavy atom. The average Bonchev–Trinajstić information content (AvgIpc) is 2.80. The molecule has 4 nitrogen and oxygen atoms in total. The van der Waals surface area contributed by atoms with Gasteiger partial charge in [-0.3, -0.25) is 0 Å². The summed E-state index contributed by atoms with van der Waals surface area (Å²) in [6.07, 6.45) is 6.34. The third kappa shape index (κ3) is 4.61. The lowest BCUT2D eigenvalue weighted by molar-refractivity contribution is 0.272. The Morgan fingerprint density at radius 2 is 1.81 bits per heavy atom. The van der Waals surface area contributed by atoms with Crippen molar-refractivity contribution in [1.29, 1.82) is 0 Å². The standard InChI is InChI=1S/C17H28N2O2/c1-20-14-7-8-15(17(13-14)21-2)16(18)9-12-19-10-5-3-4-6-11-19/h7-8,13,16H,3-6,9-12,18H2,1-2H3. The van der Waals surface area contributed by atoms with Crippen LogP contribution in [0.25, 0.3) is 0 Å². The first-order chi connectivity index (χ1) is 10.2. The highest BCUT2D eigenvalue weighted by Crippen LogP contribution is 2.30. The summed E-state index contributed by atoms with van der Waals surface area (Å²) in [5, 5.41) is 0. The Morgan fingerprint density at radius 3 is 2.43 bits per heavy atom. The van der Waals surface area contributed by atoms with E-state index >= 15 is 0 Å². The predicted octanol–water partition coefficient (Wildman–Crippen LogP) is 2.97. The Labute approximate surface area is 128 Å². The zero-order valence-corrected chi connectivity index (χ0v) is 13.3. The van der Waals surface area contributed by atoms with E-state index < -0.39 is 0 Å². The summed E-state index contributed by atoms with van der Waals surface area (Å²) in [6, 6.07) is 5.88. The maximum Gasteiger partial charge on any atom is 0.127 e. The number of ether oxygens (including phenoxy) is 2. The summed E-state index contributed by atoms with van der Waals surface area (Å²) in [5.41, 5.74) is 7.43. The lowest BCUT2D eigenvalue weighted by atomic mass is 10.0. The highest BCUT2D eigenvalue weighted by atomic mass is 16.5. The first-order valence-electron chi connectivity index (χ1n) is 7.94. The van der Waals surface area contributed by atoms with Gasteiger partial charge in [-0.05, 0) is 45.0 Å². The van der Waals surface area contributed by atoms with Crippen LogP contribution in [0.4, 0.5) is 0 Å². The second-order valence-electron chi connectivity index (χ2n) is 5.76. The van der Waals surface area contributed by atoms with Crippen LogP contribution in [-0.4, -0.2) is 38.8 Å². The number of rotatable bonds is 6. The zero-order chi connectivity index (χ0) is 15.1. The van der Waals surface area contributed by atoms with Crippen LogP contribution in [0, 0.1) is 0 Å². The van der Waals surface area contributed by atoms with Gasteiger partial charge in [-0.25, -0.2) is 0 Å². The second kappa shape index (κ2) is 8.25. The summed E-state index contributed by atoms with van der Waals surface area (Å²) in [4.78, 5) is 2.54. The molecule has 0 aromatic heterocycles. The van der Waals surface area contributed by atoms with Gasteiger partial charge in [-0.15, -0.1) is 0 Å². The van der Waals surface area contributed by atoms with Gasteiger partial charge >= 0.3 is 0 Å². The highest BCUT2D eigenvalue weighted by Gasteiger charge is 2.15. The van der Waals surface area contributed by atoms with Crippen molar-refractivity contribution in [2.45, 2.75) is 38.1 Å². The molecule has 1 heterocycles. The monoisotopic (exact) mass is 292 g/mol. The van der Waals surface area contributed by atoms with Crippen LogP contribution >= 0.6 is 0 Å². The van der Waals surface area contributed by atoms with Crippen LogP contribution in [0.2, 0.25) is 0 Å². The maximum absolute atomic E-state index is 6.37. The van der Waals surface area contributed by atoms with Crippen LogP contribution in [0.15, 0.2) is 18.2 Å². The van der Waals surface area contributed by atoms with Crippen LogP contribution in [0.3, 0.4) is 0 Å². The van der Waals surface area contributed by atoms with Gasteiger partial charge in [-0.1, -0.05) is 18.9 Å². The third-order valence-corrected chi connectivity index (χ3v) is 4.30. The predicted molar refractivity (Wildman–Crippen MR) is 86.0 cm³/mol. The van der Waals surface area contributed by atoms with E-state index in [0.29, 0.717) is 0 Å². The van der Waals surface area contributed by atoms with E-state index in [-0.39, 0.29) is 6.04 Å². The van der Waals surface area contributed by atoms with Crippen molar-refractivity contribution in [2.24, 2.45) is 5.73 Å². The number of nitrogens with two attached hydrogens (primary N) is 1. The molecule has 0 saturated carbocycles. The average molecular weight is 292 g/mol. The Bertz CT molecular complexity index is 429. The van der Waals surface area contributed by atoms with E-state index in [1.807, 2.05) is 18.2 Å². The van der Waals surface area contributed by atoms with Crippen molar-refractivity contribution < 1.29 is 9.47 Å². The van der Waals surface area contributed by atoms with Crippen LogP contribution in [0.5, 0.6) is 11.5 Å². The van der Waals surface area contributed by atoms with Gasteiger partial charge in [0.25, 0.3) is 0 Å². The van der Waals surface area contributed by atoms with Gasteiger partial charge in [0.15, 0.2) is 0 Å². The number of hydrogen-bond donors (Lipinski definition) is 1. The van der Waals surface area contributed by atoms with Gasteiger partial charge in [0.1, 0.15) is 11.5 Å². The first-order valence-corrected chi connectivity index (χ1v) is 7.94. The number of benzene rings is 1. The summed E-state index contributed by atoms with van der Waals surface area (Å²) in [5.74, 6) is 1.62. The van der Waals surface area contributed by atoms with E-state index in [9.17, 15) is 0 Å². The molecule has 1 aromatic carbocycles. The summed E-state index contributed by atoms with van der Waals surface area (Å²) < 4.78 is 10.7. The highest BCUT2D eigenvalue weighted by molar-refractivity contribution is 5.42. The second-order valence-corrected chi connectivity index (χ2v) is 5.76. The molecule has 0 spiro atoms. The topological polar surface area (TPSA) is 47.7 Å². The maximum atomic E-state index is 6.37. The van der Waals surface area contributed by atoms with E-state index in [4.69, 9.17) is 15.2 Å². The van der Waals surface area contributed by atoms with Gasteiger partial charge in [0.2, 0.25) is 0 Å². The van der Waals surface area contributed by atoms with Crippen molar-refractivity contribution in [1.82, 2.24) is 4.90 Å². The molecule has 1 fully saturated rings. The molecule has 1 aliphatic heterocycles. The minimum Gasteiger partial charge on any atom is -0.497 e. The molecule has 0 amide bonds. The Balaban J connectivity index is 1.94. The molecule has 0 aliphatic carbocycles. The van der Waals surface area contributed by atoms with Crippen molar-refractivity contribution in [3.8, 4) is 11.5 Å². The molecule has 118 valence electrons. The summed E-state index contributed by atoms with van der Waals surface area (Å²) in [7, 11) is 3.34. The largest absolute Gasteiger partial charge is 0.497 e. The number of methoxy groups -OCH3 is 2. The van der Waals surface area contributed by atoms with Crippen molar-refractivity contribution >= 4 is 0 Å². The van der Waals surface area contributed by atoms with E-state index in [0.717, 1.165) is 30.0 Å². The Hall–Kier alpha value is -1.26. The molecule has 2 N–H and O–H groups in total. The summed E-state index contributed by atoms with van der Waals surface area (Å²) >= 11 is 0. The zero-order valence-electron chi connectivity index (χ0n) is 13.3. The smallest absolute Gasteiger partial charge is 0.127 e. The normalized spacial score (nSPS) is 18.0. The number of nitrogens with zero attached hydrogens (tertiary/aromatic N) is 1. The lowest BCUT2D eigenvalue weighted by Gasteiger charge is -2.23. The summed E-state index contributed by atoms with van der Waals surface area (Å²) in [6.45, 7) is 3.50. The molecule has 21 heavy (non-hydrogen) atoms. The van der Waals surface area contributed by atoms with Crippen molar-refractivity contribution in [3.63, 3.8) is 0 Å². The quantitative estimate of drug-likeness (QED) is 0.875. The van der Waals surface area contributed by atoms with Crippen molar-refractivity contribution in [2.75, 3.05) is 33.9 Å². The molecule has 1 unspecified atom stereocenters. The molecular formula is C17H28N2O2. The van der Waals surface area contributed by atoms with Gasteiger partial charge in [-0.2, -0.15) is 0 Å². The molecular weight excluding hydrogens is 264 g/mol. The SMILES string of the molecule is COc1ccc(C(N)CCN2CCCCCC2)c(OC)c1. The molecule has 1 aromatic rings. The minimum absolute atomic E-state index is 0.00843. The molecule has 2 rings (SSSR count). The number of likely N-dealkylation sites (tertiary alicyclic amines) is 1. The van der Waals surface area contributed by atoms with E-state index in [2.05, 4.69) is 4.90 Å². The lowest BCUT2D eigenvalue weighted by Crippen LogP contribution is -2.28.